The van der Waals surface area contributed by atoms with Gasteiger partial charge in [0.2, 0.25) is 0 Å². The van der Waals surface area contributed by atoms with Gasteiger partial charge in [-0.2, -0.15) is 0 Å². The molecule has 0 spiro atoms. The van der Waals surface area contributed by atoms with Crippen LogP contribution in [0.4, 0.5) is 5.69 Å². The molecule has 0 aliphatic carbocycles. The summed E-state index contributed by atoms with van der Waals surface area (Å²) in [6.07, 6.45) is 0. The van der Waals surface area contributed by atoms with Crippen molar-refractivity contribution in [3.63, 3.8) is 0 Å². The molecular formula is C16H15BrClNO. The third kappa shape index (κ3) is 3.62. The summed E-state index contributed by atoms with van der Waals surface area (Å²) < 4.78 is 0.775. The number of hydrogen-bond acceptors (Lipinski definition) is 1. The highest BCUT2D eigenvalue weighted by Gasteiger charge is 2.09. The largest absolute Gasteiger partial charge is 0.322 e. The molecule has 0 unspecified atom stereocenters. The van der Waals surface area contributed by atoms with Crippen molar-refractivity contribution in [2.75, 3.05) is 5.32 Å². The Morgan fingerprint density at radius 2 is 1.95 bits per heavy atom. The van der Waals surface area contributed by atoms with Crippen molar-refractivity contribution in [1.29, 1.82) is 0 Å². The number of carbonyl (C=O) groups is 1. The first-order chi connectivity index (χ1) is 9.47. The fourth-order valence-corrected chi connectivity index (χ4v) is 2.24. The van der Waals surface area contributed by atoms with Crippen LogP contribution in [0.25, 0.3) is 0 Å². The van der Waals surface area contributed by atoms with Gasteiger partial charge in [0.25, 0.3) is 5.91 Å². The Balaban J connectivity index is 2.19. The minimum absolute atomic E-state index is 0.166. The molecule has 104 valence electrons. The maximum absolute atomic E-state index is 12.2. The molecule has 0 atom stereocenters. The second-order valence-electron chi connectivity index (χ2n) is 4.86. The van der Waals surface area contributed by atoms with Crippen LogP contribution in [-0.4, -0.2) is 5.91 Å². The van der Waals surface area contributed by atoms with Gasteiger partial charge in [0.1, 0.15) is 0 Å². The van der Waals surface area contributed by atoms with Gasteiger partial charge >= 0.3 is 0 Å². The lowest BCUT2D eigenvalue weighted by molar-refractivity contribution is 0.102. The van der Waals surface area contributed by atoms with Gasteiger partial charge in [-0.25, -0.2) is 0 Å². The second kappa shape index (κ2) is 6.42. The van der Waals surface area contributed by atoms with E-state index < -0.39 is 0 Å². The van der Waals surface area contributed by atoms with E-state index in [9.17, 15) is 4.79 Å². The van der Waals surface area contributed by atoms with Crippen LogP contribution >= 0.6 is 27.5 Å². The van der Waals surface area contributed by atoms with Crippen molar-refractivity contribution in [1.82, 2.24) is 0 Å². The van der Waals surface area contributed by atoms with Crippen molar-refractivity contribution >= 4 is 39.1 Å². The monoisotopic (exact) mass is 351 g/mol. The normalized spacial score (nSPS) is 10.7. The standard InChI is InChI=1S/C16H15BrClNO/c1-10(2)11-4-3-5-13(8-11)19-16(20)12-6-7-14(17)15(18)9-12/h3-10H,1-2H3,(H,19,20). The fraction of sp³-hybridized carbons (Fsp3) is 0.188. The number of rotatable bonds is 3. The summed E-state index contributed by atoms with van der Waals surface area (Å²) in [6.45, 7) is 4.24. The predicted octanol–water partition coefficient (Wildman–Crippen LogP) is 5.48. The molecule has 0 radical (unpaired) electrons. The summed E-state index contributed by atoms with van der Waals surface area (Å²) in [5.41, 5.74) is 2.52. The van der Waals surface area contributed by atoms with Gasteiger partial charge in [-0.05, 0) is 57.7 Å². The van der Waals surface area contributed by atoms with Crippen LogP contribution in [0.2, 0.25) is 5.02 Å². The number of amides is 1. The van der Waals surface area contributed by atoms with E-state index in [1.165, 1.54) is 5.56 Å². The first-order valence-electron chi connectivity index (χ1n) is 6.33. The van der Waals surface area contributed by atoms with Gasteiger partial charge in [-0.3, -0.25) is 4.79 Å². The van der Waals surface area contributed by atoms with Gasteiger partial charge in [0, 0.05) is 15.7 Å². The Bertz CT molecular complexity index is 640. The van der Waals surface area contributed by atoms with Crippen molar-refractivity contribution in [3.05, 3.63) is 63.1 Å². The average Bonchev–Trinajstić information content (AvgIpc) is 2.42. The quantitative estimate of drug-likeness (QED) is 0.779. The topological polar surface area (TPSA) is 29.1 Å². The lowest BCUT2D eigenvalue weighted by Gasteiger charge is -2.10. The van der Waals surface area contributed by atoms with Gasteiger partial charge in [-0.15, -0.1) is 0 Å². The number of nitrogens with one attached hydrogen (secondary N) is 1. The van der Waals surface area contributed by atoms with Crippen LogP contribution in [0.3, 0.4) is 0 Å². The summed E-state index contributed by atoms with van der Waals surface area (Å²) in [5, 5.41) is 3.41. The van der Waals surface area contributed by atoms with E-state index in [2.05, 4.69) is 41.2 Å². The predicted molar refractivity (Wildman–Crippen MR) is 87.6 cm³/mol. The molecule has 20 heavy (non-hydrogen) atoms. The summed E-state index contributed by atoms with van der Waals surface area (Å²) in [4.78, 5) is 12.2. The maximum Gasteiger partial charge on any atom is 0.255 e. The lowest BCUT2D eigenvalue weighted by atomic mass is 10.0. The van der Waals surface area contributed by atoms with Crippen LogP contribution < -0.4 is 5.32 Å². The molecule has 0 aromatic heterocycles. The van der Waals surface area contributed by atoms with E-state index in [0.29, 0.717) is 16.5 Å². The maximum atomic E-state index is 12.2. The summed E-state index contributed by atoms with van der Waals surface area (Å²) in [7, 11) is 0. The van der Waals surface area contributed by atoms with Crippen LogP contribution in [-0.2, 0) is 0 Å². The summed E-state index contributed by atoms with van der Waals surface area (Å²) in [6, 6.07) is 13.0. The molecule has 2 aromatic rings. The number of anilines is 1. The van der Waals surface area contributed by atoms with Gasteiger partial charge < -0.3 is 5.32 Å². The van der Waals surface area contributed by atoms with Gasteiger partial charge in [-0.1, -0.05) is 37.6 Å². The van der Waals surface area contributed by atoms with Gasteiger partial charge in [0.15, 0.2) is 0 Å². The van der Waals surface area contributed by atoms with Crippen molar-refractivity contribution in [2.45, 2.75) is 19.8 Å². The Kier molecular flexibility index (Phi) is 4.84. The second-order valence-corrected chi connectivity index (χ2v) is 6.12. The Morgan fingerprint density at radius 1 is 1.20 bits per heavy atom. The molecule has 0 saturated heterocycles. The Morgan fingerprint density at radius 3 is 2.60 bits per heavy atom. The van der Waals surface area contributed by atoms with E-state index in [1.54, 1.807) is 18.2 Å². The molecule has 2 rings (SSSR count). The molecule has 2 nitrogen and oxygen atoms in total. The molecule has 0 heterocycles. The van der Waals surface area contributed by atoms with E-state index in [4.69, 9.17) is 11.6 Å². The van der Waals surface area contributed by atoms with Crippen LogP contribution in [0.5, 0.6) is 0 Å². The molecule has 2 aromatic carbocycles. The van der Waals surface area contributed by atoms with E-state index in [-0.39, 0.29) is 5.91 Å². The van der Waals surface area contributed by atoms with Crippen LogP contribution in [0, 0.1) is 0 Å². The lowest BCUT2D eigenvalue weighted by Crippen LogP contribution is -2.12. The molecule has 1 amide bonds. The molecule has 0 aliphatic rings. The summed E-state index contributed by atoms with van der Waals surface area (Å²) in [5.74, 6) is 0.259. The van der Waals surface area contributed by atoms with E-state index in [1.807, 2.05) is 18.2 Å². The minimum Gasteiger partial charge on any atom is -0.322 e. The molecule has 4 heteroatoms. The highest BCUT2D eigenvalue weighted by atomic mass is 79.9. The third-order valence-electron chi connectivity index (χ3n) is 2.99. The molecule has 1 N–H and O–H groups in total. The zero-order chi connectivity index (χ0) is 14.7. The number of halogens is 2. The minimum atomic E-state index is -0.166. The van der Waals surface area contributed by atoms with Crippen molar-refractivity contribution in [2.24, 2.45) is 0 Å². The molecular weight excluding hydrogens is 338 g/mol. The first-order valence-corrected chi connectivity index (χ1v) is 7.51. The zero-order valence-corrected chi connectivity index (χ0v) is 13.6. The third-order valence-corrected chi connectivity index (χ3v) is 4.23. The highest BCUT2D eigenvalue weighted by molar-refractivity contribution is 9.10. The van der Waals surface area contributed by atoms with E-state index >= 15 is 0 Å². The van der Waals surface area contributed by atoms with Crippen LogP contribution in [0.15, 0.2) is 46.9 Å². The summed E-state index contributed by atoms with van der Waals surface area (Å²) >= 11 is 9.31. The average molecular weight is 353 g/mol. The number of benzene rings is 2. The SMILES string of the molecule is CC(C)c1cccc(NC(=O)c2ccc(Br)c(Cl)c2)c1. The molecule has 0 saturated carbocycles. The molecule has 0 bridgehead atoms. The highest BCUT2D eigenvalue weighted by Crippen LogP contribution is 2.24. The zero-order valence-electron chi connectivity index (χ0n) is 11.3. The first kappa shape index (κ1) is 15.1. The smallest absolute Gasteiger partial charge is 0.255 e. The Labute approximate surface area is 132 Å². The van der Waals surface area contributed by atoms with E-state index in [0.717, 1.165) is 10.2 Å². The van der Waals surface area contributed by atoms with Crippen LogP contribution in [0.1, 0.15) is 35.7 Å². The molecule has 0 fully saturated rings. The number of hydrogen-bond donors (Lipinski definition) is 1. The van der Waals surface area contributed by atoms with Crippen molar-refractivity contribution in [3.8, 4) is 0 Å². The van der Waals surface area contributed by atoms with Crippen molar-refractivity contribution < 1.29 is 4.79 Å². The Hall–Kier alpha value is -1.32. The van der Waals surface area contributed by atoms with Gasteiger partial charge in [0.05, 0.1) is 5.02 Å². The fourth-order valence-electron chi connectivity index (χ4n) is 1.82. The number of carbonyl (C=O) groups excluding carboxylic acids is 1. The molecule has 0 aliphatic heterocycles.